The Hall–Kier alpha value is -2.41. The number of aromatic nitrogens is 2. The molecule has 1 saturated heterocycles. The van der Waals surface area contributed by atoms with Crippen molar-refractivity contribution in [1.29, 1.82) is 0 Å². The van der Waals surface area contributed by atoms with Crippen molar-refractivity contribution in [2.45, 2.75) is 12.5 Å². The summed E-state index contributed by atoms with van der Waals surface area (Å²) in [5.74, 6) is -0.0427. The van der Waals surface area contributed by atoms with Crippen LogP contribution in [0.5, 0.6) is 0 Å². The highest BCUT2D eigenvalue weighted by Crippen LogP contribution is 2.21. The summed E-state index contributed by atoms with van der Waals surface area (Å²) in [5.41, 5.74) is 0.514. The van der Waals surface area contributed by atoms with E-state index in [0.29, 0.717) is 29.6 Å². The third kappa shape index (κ3) is 3.87. The fraction of sp³-hybridized carbons (Fsp3) is 0.267. The average Bonchev–Trinajstić information content (AvgIpc) is 2.95. The summed E-state index contributed by atoms with van der Waals surface area (Å²) >= 11 is 5.82. The predicted molar refractivity (Wildman–Crippen MR) is 86.2 cm³/mol. The van der Waals surface area contributed by atoms with Crippen LogP contribution in [0.3, 0.4) is 0 Å². The Balaban J connectivity index is 1.55. The van der Waals surface area contributed by atoms with Crippen LogP contribution in [0.2, 0.25) is 5.02 Å². The van der Waals surface area contributed by atoms with Crippen LogP contribution in [-0.2, 0) is 0 Å². The van der Waals surface area contributed by atoms with E-state index in [2.05, 4.69) is 20.6 Å². The van der Waals surface area contributed by atoms with Gasteiger partial charge in [-0.05, 0) is 24.6 Å². The van der Waals surface area contributed by atoms with Crippen molar-refractivity contribution in [1.82, 2.24) is 15.3 Å². The molecule has 3 rings (SSSR count). The predicted octanol–water partition coefficient (Wildman–Crippen LogP) is 2.67. The Morgan fingerprint density at radius 2 is 2.30 bits per heavy atom. The number of rotatable bonds is 3. The van der Waals surface area contributed by atoms with E-state index < -0.39 is 0 Å². The summed E-state index contributed by atoms with van der Waals surface area (Å²) in [6, 6.07) is 4.11. The highest BCUT2D eigenvalue weighted by atomic mass is 35.5. The number of pyridine rings is 2. The first-order valence-electron chi connectivity index (χ1n) is 7.15. The molecule has 0 aromatic carbocycles. The number of carbonyl (C=O) groups is 1. The molecule has 0 spiro atoms. The van der Waals surface area contributed by atoms with E-state index in [-0.39, 0.29) is 17.9 Å². The number of carbonyl (C=O) groups excluding carboxylic acids is 1. The fourth-order valence-corrected chi connectivity index (χ4v) is 2.69. The SMILES string of the molecule is O=C(Nc1cncc(Cl)c1)NC1CCN(c2ncccc2F)C1. The van der Waals surface area contributed by atoms with Gasteiger partial charge in [0.25, 0.3) is 0 Å². The molecule has 2 aromatic heterocycles. The van der Waals surface area contributed by atoms with Gasteiger partial charge < -0.3 is 15.5 Å². The van der Waals surface area contributed by atoms with E-state index in [4.69, 9.17) is 11.6 Å². The van der Waals surface area contributed by atoms with Gasteiger partial charge in [-0.2, -0.15) is 0 Å². The maximum absolute atomic E-state index is 13.7. The maximum atomic E-state index is 13.7. The van der Waals surface area contributed by atoms with Crippen molar-refractivity contribution >= 4 is 29.1 Å². The second kappa shape index (κ2) is 6.78. The molecule has 8 heteroatoms. The number of nitrogens with one attached hydrogen (secondary N) is 2. The summed E-state index contributed by atoms with van der Waals surface area (Å²) in [4.78, 5) is 21.8. The zero-order valence-electron chi connectivity index (χ0n) is 12.2. The van der Waals surface area contributed by atoms with Gasteiger partial charge in [0.05, 0.1) is 16.9 Å². The van der Waals surface area contributed by atoms with E-state index in [1.54, 1.807) is 18.3 Å². The smallest absolute Gasteiger partial charge is 0.319 e. The molecule has 0 saturated carbocycles. The molecule has 23 heavy (non-hydrogen) atoms. The Morgan fingerprint density at radius 3 is 3.09 bits per heavy atom. The molecule has 1 fully saturated rings. The second-order valence-electron chi connectivity index (χ2n) is 5.23. The van der Waals surface area contributed by atoms with E-state index in [0.717, 1.165) is 6.42 Å². The number of anilines is 2. The number of hydrogen-bond donors (Lipinski definition) is 2. The first-order chi connectivity index (χ1) is 11.1. The molecule has 6 nitrogen and oxygen atoms in total. The second-order valence-corrected chi connectivity index (χ2v) is 5.67. The first-order valence-corrected chi connectivity index (χ1v) is 7.53. The number of halogens is 2. The molecule has 0 aliphatic carbocycles. The Kier molecular flexibility index (Phi) is 4.57. The van der Waals surface area contributed by atoms with Gasteiger partial charge in [-0.3, -0.25) is 4.98 Å². The summed E-state index contributed by atoms with van der Waals surface area (Å²) in [6.45, 7) is 1.15. The summed E-state index contributed by atoms with van der Waals surface area (Å²) in [7, 11) is 0. The largest absolute Gasteiger partial charge is 0.352 e. The van der Waals surface area contributed by atoms with Crippen LogP contribution in [0.25, 0.3) is 0 Å². The molecule has 1 atom stereocenters. The minimum Gasteiger partial charge on any atom is -0.352 e. The van der Waals surface area contributed by atoms with Gasteiger partial charge in [-0.1, -0.05) is 11.6 Å². The minimum absolute atomic E-state index is 0.0800. The molecule has 2 N–H and O–H groups in total. The van der Waals surface area contributed by atoms with Crippen LogP contribution in [0.4, 0.5) is 20.7 Å². The van der Waals surface area contributed by atoms with Crippen LogP contribution < -0.4 is 15.5 Å². The van der Waals surface area contributed by atoms with Gasteiger partial charge >= 0.3 is 6.03 Å². The van der Waals surface area contributed by atoms with Crippen LogP contribution in [0.15, 0.2) is 36.8 Å². The van der Waals surface area contributed by atoms with Crippen LogP contribution in [0.1, 0.15) is 6.42 Å². The van der Waals surface area contributed by atoms with Gasteiger partial charge in [0.15, 0.2) is 11.6 Å². The fourth-order valence-electron chi connectivity index (χ4n) is 2.51. The summed E-state index contributed by atoms with van der Waals surface area (Å²) in [5, 5.41) is 5.97. The summed E-state index contributed by atoms with van der Waals surface area (Å²) < 4.78 is 13.7. The number of nitrogens with zero attached hydrogens (tertiary/aromatic N) is 3. The lowest BCUT2D eigenvalue weighted by molar-refractivity contribution is 0.249. The molecule has 2 amide bonds. The standard InChI is InChI=1S/C15H15ClFN5O/c16-10-6-12(8-18-7-10)21-15(23)20-11-3-5-22(9-11)14-13(17)2-1-4-19-14/h1-2,4,6-8,11H,3,5,9H2,(H2,20,21,23). The van der Waals surface area contributed by atoms with E-state index in [1.807, 2.05) is 4.90 Å². The van der Waals surface area contributed by atoms with Gasteiger partial charge in [-0.15, -0.1) is 0 Å². The van der Waals surface area contributed by atoms with Crippen molar-refractivity contribution in [3.8, 4) is 0 Å². The molecular weight excluding hydrogens is 321 g/mol. The van der Waals surface area contributed by atoms with Gasteiger partial charge in [0, 0.05) is 31.5 Å². The lowest BCUT2D eigenvalue weighted by atomic mass is 10.3. The Labute approximate surface area is 137 Å². The van der Waals surface area contributed by atoms with Gasteiger partial charge in [0.2, 0.25) is 0 Å². The molecular formula is C15H15ClFN5O. The first kappa shape index (κ1) is 15.5. The topological polar surface area (TPSA) is 70.2 Å². The van der Waals surface area contributed by atoms with Crippen molar-refractivity contribution in [3.63, 3.8) is 0 Å². The molecule has 0 radical (unpaired) electrons. The zero-order valence-corrected chi connectivity index (χ0v) is 12.9. The van der Waals surface area contributed by atoms with Crippen LogP contribution >= 0.6 is 11.6 Å². The lowest BCUT2D eigenvalue weighted by Crippen LogP contribution is -2.39. The Bertz CT molecular complexity index is 714. The van der Waals surface area contributed by atoms with Crippen molar-refractivity contribution in [2.75, 3.05) is 23.3 Å². The highest BCUT2D eigenvalue weighted by molar-refractivity contribution is 6.30. The van der Waals surface area contributed by atoms with Crippen LogP contribution in [-0.4, -0.2) is 35.1 Å². The van der Waals surface area contributed by atoms with Crippen LogP contribution in [0, 0.1) is 5.82 Å². The van der Waals surface area contributed by atoms with Gasteiger partial charge in [0.1, 0.15) is 0 Å². The molecule has 1 aliphatic heterocycles. The quantitative estimate of drug-likeness (QED) is 0.904. The van der Waals surface area contributed by atoms with E-state index in [1.165, 1.54) is 18.5 Å². The van der Waals surface area contributed by atoms with Crippen molar-refractivity contribution in [2.24, 2.45) is 0 Å². The molecule has 120 valence electrons. The lowest BCUT2D eigenvalue weighted by Gasteiger charge is -2.18. The number of hydrogen-bond acceptors (Lipinski definition) is 4. The minimum atomic E-state index is -0.359. The Morgan fingerprint density at radius 1 is 1.43 bits per heavy atom. The van der Waals surface area contributed by atoms with Gasteiger partial charge in [-0.25, -0.2) is 14.2 Å². The zero-order chi connectivity index (χ0) is 16.2. The average molecular weight is 336 g/mol. The van der Waals surface area contributed by atoms with Crippen molar-refractivity contribution in [3.05, 3.63) is 47.6 Å². The molecule has 3 heterocycles. The maximum Gasteiger partial charge on any atom is 0.319 e. The third-order valence-electron chi connectivity index (χ3n) is 3.52. The molecule has 2 aromatic rings. The number of amides is 2. The van der Waals surface area contributed by atoms with E-state index in [9.17, 15) is 9.18 Å². The normalized spacial score (nSPS) is 17.1. The molecule has 1 unspecified atom stereocenters. The monoisotopic (exact) mass is 335 g/mol. The molecule has 0 bridgehead atoms. The van der Waals surface area contributed by atoms with Crippen molar-refractivity contribution < 1.29 is 9.18 Å². The highest BCUT2D eigenvalue weighted by Gasteiger charge is 2.26. The molecule has 1 aliphatic rings. The van der Waals surface area contributed by atoms with E-state index >= 15 is 0 Å². The summed E-state index contributed by atoms with van der Waals surface area (Å²) in [6.07, 6.45) is 5.27. The third-order valence-corrected chi connectivity index (χ3v) is 3.73. The number of urea groups is 1.